The Labute approximate surface area is 175 Å². The van der Waals surface area contributed by atoms with Gasteiger partial charge in [0.2, 0.25) is 0 Å². The van der Waals surface area contributed by atoms with Crippen LogP contribution in [0.3, 0.4) is 0 Å². The number of hydrazine groups is 1. The molecule has 2 aromatic heterocycles. The fraction of sp³-hybridized carbons (Fsp3) is 0.526. The van der Waals surface area contributed by atoms with Crippen LogP contribution in [-0.4, -0.2) is 49.9 Å². The number of imidazole rings is 1. The Morgan fingerprint density at radius 3 is 2.43 bits per heavy atom. The monoisotopic (exact) mass is 443 g/mol. The van der Waals surface area contributed by atoms with Crippen molar-refractivity contribution >= 4 is 29.2 Å². The molecule has 162 valence electrons. The fourth-order valence-electron chi connectivity index (χ4n) is 3.58. The molecule has 1 aliphatic heterocycles. The second-order valence-corrected chi connectivity index (χ2v) is 8.96. The number of fused-ring (bicyclic) bond motifs is 1. The molecule has 1 saturated heterocycles. The van der Waals surface area contributed by atoms with Gasteiger partial charge in [0.15, 0.2) is 11.3 Å². The number of alkyl halides is 3. The predicted molar refractivity (Wildman–Crippen MR) is 103 cm³/mol. The van der Waals surface area contributed by atoms with E-state index in [-0.39, 0.29) is 29.9 Å². The summed E-state index contributed by atoms with van der Waals surface area (Å²) in [5.41, 5.74) is 0.838. The summed E-state index contributed by atoms with van der Waals surface area (Å²) >= 11 is 6.29. The van der Waals surface area contributed by atoms with E-state index >= 15 is 0 Å². The predicted octanol–water partition coefficient (Wildman–Crippen LogP) is 4.06. The molecule has 0 spiro atoms. The molecule has 2 aliphatic rings. The number of carbonyl (C=O) groups excluding carboxylic acids is 2. The highest BCUT2D eigenvalue weighted by Gasteiger charge is 2.39. The lowest BCUT2D eigenvalue weighted by Crippen LogP contribution is -2.63. The van der Waals surface area contributed by atoms with Gasteiger partial charge in [-0.05, 0) is 51.2 Å². The molecular weight excluding hydrogens is 423 g/mol. The van der Waals surface area contributed by atoms with E-state index in [0.717, 1.165) is 28.3 Å². The van der Waals surface area contributed by atoms with Crippen molar-refractivity contribution in [3.05, 3.63) is 34.2 Å². The van der Waals surface area contributed by atoms with E-state index in [0.29, 0.717) is 5.56 Å². The zero-order chi connectivity index (χ0) is 22.0. The number of hydrogen-bond donors (Lipinski definition) is 1. The summed E-state index contributed by atoms with van der Waals surface area (Å²) in [5.74, 6) is -0.704. The Hall–Kier alpha value is -2.49. The van der Waals surface area contributed by atoms with Gasteiger partial charge in [-0.15, -0.1) is 0 Å². The van der Waals surface area contributed by atoms with E-state index in [4.69, 9.17) is 11.6 Å². The van der Waals surface area contributed by atoms with Crippen molar-refractivity contribution in [3.63, 3.8) is 0 Å². The minimum absolute atomic E-state index is 0.0536. The van der Waals surface area contributed by atoms with Gasteiger partial charge in [0.25, 0.3) is 5.91 Å². The SMILES string of the molecule is CC(C)(C)N1CCN(C(=O)c2nc3c(C(F)(F)F)cc(C4CC4)cn3c2Cl)NC1=O. The zero-order valence-electron chi connectivity index (χ0n) is 16.7. The molecule has 0 aromatic carbocycles. The Balaban J connectivity index is 1.70. The highest BCUT2D eigenvalue weighted by atomic mass is 35.5. The number of halogens is 4. The Kier molecular flexibility index (Phi) is 4.68. The van der Waals surface area contributed by atoms with Crippen LogP contribution in [0.4, 0.5) is 18.0 Å². The Morgan fingerprint density at radius 1 is 1.23 bits per heavy atom. The minimum Gasteiger partial charge on any atom is -0.317 e. The molecule has 7 nitrogen and oxygen atoms in total. The summed E-state index contributed by atoms with van der Waals surface area (Å²) in [5, 5.41) is 0.823. The summed E-state index contributed by atoms with van der Waals surface area (Å²) in [6, 6.07) is 0.600. The molecule has 0 atom stereocenters. The lowest BCUT2D eigenvalue weighted by molar-refractivity contribution is -0.136. The zero-order valence-corrected chi connectivity index (χ0v) is 17.4. The third-order valence-electron chi connectivity index (χ3n) is 5.32. The third kappa shape index (κ3) is 3.57. The van der Waals surface area contributed by atoms with Crippen LogP contribution in [0.1, 0.15) is 61.1 Å². The normalized spacial score (nSPS) is 18.2. The summed E-state index contributed by atoms with van der Waals surface area (Å²) in [7, 11) is 0. The number of rotatable bonds is 2. The molecule has 4 rings (SSSR count). The Morgan fingerprint density at radius 2 is 1.90 bits per heavy atom. The number of nitrogens with one attached hydrogen (secondary N) is 1. The molecule has 11 heteroatoms. The van der Waals surface area contributed by atoms with E-state index in [9.17, 15) is 22.8 Å². The average Bonchev–Trinajstić information content (AvgIpc) is 3.43. The van der Waals surface area contributed by atoms with E-state index in [1.54, 1.807) is 4.90 Å². The van der Waals surface area contributed by atoms with Crippen LogP contribution in [0.25, 0.3) is 5.65 Å². The van der Waals surface area contributed by atoms with Gasteiger partial charge in [-0.25, -0.2) is 20.2 Å². The Bertz CT molecular complexity index is 1040. The molecular formula is C19H21ClF3N5O2. The maximum absolute atomic E-state index is 13.6. The molecule has 1 saturated carbocycles. The van der Waals surface area contributed by atoms with Gasteiger partial charge < -0.3 is 4.90 Å². The fourth-order valence-corrected chi connectivity index (χ4v) is 3.83. The summed E-state index contributed by atoms with van der Waals surface area (Å²) < 4.78 is 42.0. The number of carbonyl (C=O) groups is 2. The number of urea groups is 1. The van der Waals surface area contributed by atoms with Crippen molar-refractivity contribution in [2.24, 2.45) is 0 Å². The van der Waals surface area contributed by atoms with E-state index in [2.05, 4.69) is 10.4 Å². The van der Waals surface area contributed by atoms with Crippen LogP contribution in [0.5, 0.6) is 0 Å². The summed E-state index contributed by atoms with van der Waals surface area (Å²) in [4.78, 5) is 30.8. The first kappa shape index (κ1) is 20.8. The van der Waals surface area contributed by atoms with Crippen molar-refractivity contribution in [2.45, 2.75) is 51.2 Å². The van der Waals surface area contributed by atoms with Gasteiger partial charge in [0, 0.05) is 18.3 Å². The van der Waals surface area contributed by atoms with Gasteiger partial charge >= 0.3 is 12.2 Å². The highest BCUT2D eigenvalue weighted by molar-refractivity contribution is 6.33. The van der Waals surface area contributed by atoms with Crippen LogP contribution in [0, 0.1) is 0 Å². The molecule has 1 N–H and O–H groups in total. The van der Waals surface area contributed by atoms with E-state index in [1.165, 1.54) is 6.20 Å². The van der Waals surface area contributed by atoms with E-state index < -0.39 is 34.9 Å². The molecule has 3 amide bonds. The number of hydrogen-bond acceptors (Lipinski definition) is 3. The molecule has 0 unspecified atom stereocenters. The molecule has 2 fully saturated rings. The number of nitrogens with zero attached hydrogens (tertiary/aromatic N) is 4. The van der Waals surface area contributed by atoms with Crippen molar-refractivity contribution in [2.75, 3.05) is 13.1 Å². The number of amides is 3. The summed E-state index contributed by atoms with van der Waals surface area (Å²) in [6.07, 6.45) is -1.52. The number of pyridine rings is 1. The van der Waals surface area contributed by atoms with Crippen molar-refractivity contribution < 1.29 is 22.8 Å². The quantitative estimate of drug-likeness (QED) is 0.760. The first-order chi connectivity index (χ1) is 13.9. The number of aromatic nitrogens is 2. The third-order valence-corrected chi connectivity index (χ3v) is 5.68. The van der Waals surface area contributed by atoms with Crippen LogP contribution < -0.4 is 5.43 Å². The topological polar surface area (TPSA) is 69.9 Å². The maximum Gasteiger partial charge on any atom is 0.419 e. The first-order valence-electron chi connectivity index (χ1n) is 9.56. The van der Waals surface area contributed by atoms with E-state index in [1.807, 2.05) is 20.8 Å². The molecule has 0 bridgehead atoms. The summed E-state index contributed by atoms with van der Waals surface area (Å²) in [6.45, 7) is 5.99. The maximum atomic E-state index is 13.6. The smallest absolute Gasteiger partial charge is 0.317 e. The second kappa shape index (κ2) is 6.76. The minimum atomic E-state index is -4.65. The second-order valence-electron chi connectivity index (χ2n) is 8.60. The first-order valence-corrected chi connectivity index (χ1v) is 9.94. The highest BCUT2D eigenvalue weighted by Crippen LogP contribution is 2.43. The molecule has 2 aromatic rings. The van der Waals surface area contributed by atoms with Crippen LogP contribution in [0.15, 0.2) is 12.3 Å². The van der Waals surface area contributed by atoms with Gasteiger partial charge in [-0.3, -0.25) is 9.20 Å². The average molecular weight is 444 g/mol. The van der Waals surface area contributed by atoms with Gasteiger partial charge in [-0.1, -0.05) is 11.6 Å². The molecule has 30 heavy (non-hydrogen) atoms. The van der Waals surface area contributed by atoms with Gasteiger partial charge in [-0.2, -0.15) is 13.2 Å². The van der Waals surface area contributed by atoms with Gasteiger partial charge in [0.05, 0.1) is 12.1 Å². The molecule has 3 heterocycles. The van der Waals surface area contributed by atoms with Crippen LogP contribution in [-0.2, 0) is 6.18 Å². The lowest BCUT2D eigenvalue weighted by Gasteiger charge is -2.42. The molecule has 1 aliphatic carbocycles. The van der Waals surface area contributed by atoms with Crippen molar-refractivity contribution in [1.29, 1.82) is 0 Å². The van der Waals surface area contributed by atoms with Crippen LogP contribution in [0.2, 0.25) is 5.15 Å². The molecule has 0 radical (unpaired) electrons. The van der Waals surface area contributed by atoms with Crippen molar-refractivity contribution in [3.8, 4) is 0 Å². The van der Waals surface area contributed by atoms with Crippen molar-refractivity contribution in [1.82, 2.24) is 24.7 Å². The largest absolute Gasteiger partial charge is 0.419 e. The van der Waals surface area contributed by atoms with Gasteiger partial charge in [0.1, 0.15) is 5.15 Å². The van der Waals surface area contributed by atoms with Crippen LogP contribution >= 0.6 is 11.6 Å². The lowest BCUT2D eigenvalue weighted by atomic mass is 10.1. The standard InChI is InChI=1S/C19H21ClF3N5O2/c1-18(2,3)27-6-7-28(25-17(27)30)16(29)13-14(20)26-9-11(10-4-5-10)8-12(15(26)24-13)19(21,22)23/h8-10H,4-7H2,1-3H3,(H,25,30).